The van der Waals surface area contributed by atoms with Crippen LogP contribution in [0.4, 0.5) is 0 Å². The molecule has 0 unspecified atom stereocenters. The molecule has 1 saturated carbocycles. The van der Waals surface area contributed by atoms with Crippen LogP contribution in [-0.2, 0) is 9.59 Å². The molecule has 1 aliphatic carbocycles. The van der Waals surface area contributed by atoms with Crippen molar-refractivity contribution in [1.29, 1.82) is 0 Å². The maximum absolute atomic E-state index is 11.4. The van der Waals surface area contributed by atoms with Crippen molar-refractivity contribution >= 4 is 11.8 Å². The largest absolute Gasteiger partial charge is 0.368 e. The van der Waals surface area contributed by atoms with Crippen LogP contribution in [0.5, 0.6) is 0 Å². The Kier molecular flexibility index (Phi) is 3.92. The molecular weight excluding hydrogens is 180 g/mol. The molecule has 4 nitrogen and oxygen atoms in total. The fourth-order valence-corrected chi connectivity index (χ4v) is 1.33. The second-order valence-electron chi connectivity index (χ2n) is 3.88. The molecule has 0 saturated heterocycles. The molecule has 0 aromatic heterocycles. The number of unbranched alkanes of at least 4 members (excludes halogenated alkanes) is 1. The molecule has 0 aromatic rings. The first-order valence-electron chi connectivity index (χ1n) is 5.24. The Balaban J connectivity index is 2.33. The van der Waals surface area contributed by atoms with E-state index >= 15 is 0 Å². The topological polar surface area (TPSA) is 72.2 Å². The second kappa shape index (κ2) is 4.98. The second-order valence-corrected chi connectivity index (χ2v) is 3.88. The monoisotopic (exact) mass is 198 g/mol. The number of amides is 2. The van der Waals surface area contributed by atoms with Gasteiger partial charge in [0, 0.05) is 5.92 Å². The first-order valence-corrected chi connectivity index (χ1v) is 5.24. The Morgan fingerprint density at radius 1 is 1.50 bits per heavy atom. The highest BCUT2D eigenvalue weighted by molar-refractivity contribution is 5.88. The lowest BCUT2D eigenvalue weighted by molar-refractivity contribution is -0.128. The highest BCUT2D eigenvalue weighted by Crippen LogP contribution is 2.28. The highest BCUT2D eigenvalue weighted by atomic mass is 16.2. The fraction of sp³-hybridized carbons (Fsp3) is 0.800. The van der Waals surface area contributed by atoms with Gasteiger partial charge in [0.15, 0.2) is 0 Å². The number of hydrogen-bond donors (Lipinski definition) is 2. The van der Waals surface area contributed by atoms with Crippen molar-refractivity contribution in [2.45, 2.75) is 45.1 Å². The molecule has 1 fully saturated rings. The van der Waals surface area contributed by atoms with Crippen LogP contribution in [0.1, 0.15) is 39.0 Å². The molecule has 0 aliphatic heterocycles. The maximum Gasteiger partial charge on any atom is 0.239 e. The zero-order chi connectivity index (χ0) is 10.6. The van der Waals surface area contributed by atoms with Crippen molar-refractivity contribution in [3.05, 3.63) is 0 Å². The van der Waals surface area contributed by atoms with Gasteiger partial charge in [-0.25, -0.2) is 0 Å². The molecule has 80 valence electrons. The molecule has 0 radical (unpaired) electrons. The number of nitrogens with two attached hydrogens (primary N) is 1. The Labute approximate surface area is 84.2 Å². The molecule has 0 aromatic carbocycles. The summed E-state index contributed by atoms with van der Waals surface area (Å²) in [6.07, 6.45) is 4.47. The Hall–Kier alpha value is -1.06. The third kappa shape index (κ3) is 3.36. The van der Waals surface area contributed by atoms with Gasteiger partial charge in [0.1, 0.15) is 6.04 Å². The van der Waals surface area contributed by atoms with Crippen LogP contribution in [0, 0.1) is 5.92 Å². The van der Waals surface area contributed by atoms with Gasteiger partial charge in [0.25, 0.3) is 0 Å². The lowest BCUT2D eigenvalue weighted by Gasteiger charge is -2.14. The number of carbonyl (C=O) groups excluding carboxylic acids is 2. The van der Waals surface area contributed by atoms with E-state index in [2.05, 4.69) is 5.32 Å². The van der Waals surface area contributed by atoms with E-state index in [4.69, 9.17) is 5.73 Å². The molecule has 0 bridgehead atoms. The average Bonchev–Trinajstić information content (AvgIpc) is 2.94. The van der Waals surface area contributed by atoms with Crippen LogP contribution in [0.2, 0.25) is 0 Å². The van der Waals surface area contributed by atoms with Crippen LogP contribution >= 0.6 is 0 Å². The molecule has 2 amide bonds. The zero-order valence-corrected chi connectivity index (χ0v) is 8.58. The summed E-state index contributed by atoms with van der Waals surface area (Å²) in [4.78, 5) is 22.4. The minimum Gasteiger partial charge on any atom is -0.368 e. The quantitative estimate of drug-likeness (QED) is 0.654. The van der Waals surface area contributed by atoms with E-state index in [0.717, 1.165) is 25.7 Å². The van der Waals surface area contributed by atoms with Crippen LogP contribution < -0.4 is 11.1 Å². The molecule has 3 N–H and O–H groups in total. The molecule has 1 atom stereocenters. The van der Waals surface area contributed by atoms with Gasteiger partial charge in [0.2, 0.25) is 11.8 Å². The van der Waals surface area contributed by atoms with Crippen molar-refractivity contribution in [1.82, 2.24) is 5.32 Å². The predicted molar refractivity (Wildman–Crippen MR) is 53.4 cm³/mol. The van der Waals surface area contributed by atoms with E-state index in [9.17, 15) is 9.59 Å². The number of rotatable bonds is 6. The number of carbonyl (C=O) groups is 2. The number of nitrogens with one attached hydrogen (secondary N) is 1. The van der Waals surface area contributed by atoms with E-state index in [1.807, 2.05) is 6.92 Å². The first kappa shape index (κ1) is 11.0. The summed E-state index contributed by atoms with van der Waals surface area (Å²) in [5.74, 6) is -0.296. The van der Waals surface area contributed by atoms with Gasteiger partial charge < -0.3 is 11.1 Å². The summed E-state index contributed by atoms with van der Waals surface area (Å²) >= 11 is 0. The van der Waals surface area contributed by atoms with Crippen LogP contribution in [-0.4, -0.2) is 17.9 Å². The van der Waals surface area contributed by atoms with Gasteiger partial charge in [-0.1, -0.05) is 19.8 Å². The lowest BCUT2D eigenvalue weighted by atomic mass is 10.1. The van der Waals surface area contributed by atoms with Crippen molar-refractivity contribution in [2.24, 2.45) is 11.7 Å². The molecule has 4 heteroatoms. The van der Waals surface area contributed by atoms with Gasteiger partial charge in [-0.15, -0.1) is 0 Å². The van der Waals surface area contributed by atoms with Crippen molar-refractivity contribution in [3.63, 3.8) is 0 Å². The van der Waals surface area contributed by atoms with Gasteiger partial charge in [-0.3, -0.25) is 9.59 Å². The average molecular weight is 198 g/mol. The smallest absolute Gasteiger partial charge is 0.239 e. The van der Waals surface area contributed by atoms with Crippen LogP contribution in [0.3, 0.4) is 0 Å². The van der Waals surface area contributed by atoms with Gasteiger partial charge >= 0.3 is 0 Å². The Bertz CT molecular complexity index is 224. The normalized spacial score (nSPS) is 17.5. The molecule has 0 heterocycles. The Morgan fingerprint density at radius 3 is 2.57 bits per heavy atom. The van der Waals surface area contributed by atoms with Gasteiger partial charge in [-0.05, 0) is 19.3 Å². The van der Waals surface area contributed by atoms with Crippen LogP contribution in [0.15, 0.2) is 0 Å². The summed E-state index contributed by atoms with van der Waals surface area (Å²) in [6, 6.07) is -0.469. The van der Waals surface area contributed by atoms with Crippen molar-refractivity contribution in [3.8, 4) is 0 Å². The highest BCUT2D eigenvalue weighted by Gasteiger charge is 2.31. The van der Waals surface area contributed by atoms with Crippen molar-refractivity contribution in [2.75, 3.05) is 0 Å². The van der Waals surface area contributed by atoms with Gasteiger partial charge in [-0.2, -0.15) is 0 Å². The van der Waals surface area contributed by atoms with Crippen molar-refractivity contribution < 1.29 is 9.59 Å². The van der Waals surface area contributed by atoms with Crippen LogP contribution in [0.25, 0.3) is 0 Å². The standard InChI is InChI=1S/C10H18N2O2/c1-2-3-4-8(9(11)13)12-10(14)7-5-6-7/h7-8H,2-6H2,1H3,(H2,11,13)(H,12,14)/t8-/m1/s1. The Morgan fingerprint density at radius 2 is 2.14 bits per heavy atom. The third-order valence-electron chi connectivity index (χ3n) is 2.45. The predicted octanol–water partition coefficient (Wildman–Crippen LogP) is 0.557. The van der Waals surface area contributed by atoms with E-state index in [1.54, 1.807) is 0 Å². The third-order valence-corrected chi connectivity index (χ3v) is 2.45. The number of primary amides is 1. The molecule has 1 aliphatic rings. The molecule has 0 spiro atoms. The molecule has 1 rings (SSSR count). The fourth-order valence-electron chi connectivity index (χ4n) is 1.33. The van der Waals surface area contributed by atoms with Gasteiger partial charge in [0.05, 0.1) is 0 Å². The number of hydrogen-bond acceptors (Lipinski definition) is 2. The molecule has 14 heavy (non-hydrogen) atoms. The lowest BCUT2D eigenvalue weighted by Crippen LogP contribution is -2.44. The maximum atomic E-state index is 11.4. The summed E-state index contributed by atoms with van der Waals surface area (Å²) in [5.41, 5.74) is 5.19. The zero-order valence-electron chi connectivity index (χ0n) is 8.58. The summed E-state index contributed by atoms with van der Waals surface area (Å²) in [6.45, 7) is 2.04. The van der Waals surface area contributed by atoms with E-state index in [1.165, 1.54) is 0 Å². The minimum absolute atomic E-state index is 0.00935. The van der Waals surface area contributed by atoms with E-state index in [0.29, 0.717) is 6.42 Å². The summed E-state index contributed by atoms with van der Waals surface area (Å²) < 4.78 is 0. The SMILES string of the molecule is CCCC[C@@H](NC(=O)C1CC1)C(N)=O. The summed E-state index contributed by atoms with van der Waals surface area (Å²) in [7, 11) is 0. The van der Waals surface area contributed by atoms with E-state index < -0.39 is 11.9 Å². The molecular formula is C10H18N2O2. The van der Waals surface area contributed by atoms with E-state index in [-0.39, 0.29) is 11.8 Å². The minimum atomic E-state index is -0.469. The first-order chi connectivity index (χ1) is 6.65. The summed E-state index contributed by atoms with van der Waals surface area (Å²) in [5, 5.41) is 2.70.